The topological polar surface area (TPSA) is 64.7 Å². The Morgan fingerprint density at radius 2 is 1.69 bits per heavy atom. The highest BCUT2D eigenvalue weighted by molar-refractivity contribution is 6.09. The fourth-order valence-electron chi connectivity index (χ4n) is 3.97. The minimum atomic E-state index is -1.51. The molecule has 0 saturated heterocycles. The van der Waals surface area contributed by atoms with Crippen molar-refractivity contribution in [2.45, 2.75) is 41.0 Å². The summed E-state index contributed by atoms with van der Waals surface area (Å²) < 4.78 is 23.7. The Kier molecular flexibility index (Phi) is 4.23. The number of fused-ring (bicyclic) bond motifs is 3. The summed E-state index contributed by atoms with van der Waals surface area (Å²) in [6, 6.07) is 15.5. The summed E-state index contributed by atoms with van der Waals surface area (Å²) in [6.45, 7) is 9.42. The standard InChI is InChI=1S/C27H26N4O/c1-16-29-17(2)31-26(30-16)19-9-10-20-21-7-6-8-22(25(21)32-24(20)14-19)23-13-18(11-12-28-23)15-27(3,4)5/h6-14H,15H2,1-5H3/i15D2. The van der Waals surface area contributed by atoms with E-state index in [4.69, 9.17) is 7.16 Å². The zero-order valence-corrected chi connectivity index (χ0v) is 18.9. The quantitative estimate of drug-likeness (QED) is 0.322. The van der Waals surface area contributed by atoms with Gasteiger partial charge in [-0.15, -0.1) is 0 Å². The molecule has 5 nitrogen and oxygen atoms in total. The van der Waals surface area contributed by atoms with Crippen molar-refractivity contribution in [2.75, 3.05) is 0 Å². The minimum absolute atomic E-state index is 0.556. The number of aromatic nitrogens is 4. The Balaban J connectivity index is 1.66. The van der Waals surface area contributed by atoms with Crippen LogP contribution in [0.5, 0.6) is 0 Å². The molecule has 160 valence electrons. The summed E-state index contributed by atoms with van der Waals surface area (Å²) in [6.07, 6.45) is 0.154. The van der Waals surface area contributed by atoms with E-state index in [9.17, 15) is 0 Å². The van der Waals surface area contributed by atoms with Crippen molar-refractivity contribution in [1.29, 1.82) is 0 Å². The maximum Gasteiger partial charge on any atom is 0.163 e. The summed E-state index contributed by atoms with van der Waals surface area (Å²) in [5.74, 6) is 1.97. The largest absolute Gasteiger partial charge is 0.455 e. The van der Waals surface area contributed by atoms with Crippen molar-refractivity contribution in [3.05, 3.63) is 71.9 Å². The van der Waals surface area contributed by atoms with Crippen molar-refractivity contribution >= 4 is 21.9 Å². The number of para-hydroxylation sites is 1. The minimum Gasteiger partial charge on any atom is -0.455 e. The Morgan fingerprint density at radius 3 is 2.44 bits per heavy atom. The van der Waals surface area contributed by atoms with Crippen LogP contribution in [0.4, 0.5) is 0 Å². The molecular formula is C27H26N4O. The van der Waals surface area contributed by atoms with Gasteiger partial charge in [-0.1, -0.05) is 39.0 Å². The lowest BCUT2D eigenvalue weighted by molar-refractivity contribution is 0.411. The Bertz CT molecular complexity index is 1530. The molecular weight excluding hydrogens is 396 g/mol. The highest BCUT2D eigenvalue weighted by Gasteiger charge is 2.16. The number of hydrogen-bond acceptors (Lipinski definition) is 5. The third kappa shape index (κ3) is 3.86. The fourth-order valence-corrected chi connectivity index (χ4v) is 3.97. The number of pyridine rings is 1. The molecule has 5 aromatic rings. The Morgan fingerprint density at radius 1 is 0.906 bits per heavy atom. The second kappa shape index (κ2) is 7.52. The average molecular weight is 425 g/mol. The van der Waals surface area contributed by atoms with E-state index in [1.165, 1.54) is 0 Å². The molecule has 0 atom stereocenters. The van der Waals surface area contributed by atoms with Crippen molar-refractivity contribution in [1.82, 2.24) is 19.9 Å². The monoisotopic (exact) mass is 424 g/mol. The first-order valence-corrected chi connectivity index (χ1v) is 10.7. The van der Waals surface area contributed by atoms with Gasteiger partial charge in [0.15, 0.2) is 5.82 Å². The number of benzene rings is 2. The summed E-state index contributed by atoms with van der Waals surface area (Å²) in [4.78, 5) is 17.8. The van der Waals surface area contributed by atoms with E-state index in [1.807, 2.05) is 77.1 Å². The predicted octanol–water partition coefficient (Wildman–Crippen LogP) is 6.71. The molecule has 3 heterocycles. The molecule has 5 rings (SSSR count). The maximum absolute atomic E-state index is 8.66. The van der Waals surface area contributed by atoms with Crippen LogP contribution in [0.25, 0.3) is 44.6 Å². The normalized spacial score (nSPS) is 13.4. The third-order valence-electron chi connectivity index (χ3n) is 5.17. The van der Waals surface area contributed by atoms with Crippen LogP contribution in [0.15, 0.2) is 59.1 Å². The lowest BCUT2D eigenvalue weighted by Crippen LogP contribution is -2.09. The summed E-state index contributed by atoms with van der Waals surface area (Å²) in [7, 11) is 0. The molecule has 0 aliphatic rings. The average Bonchev–Trinajstić information content (AvgIpc) is 3.15. The van der Waals surface area contributed by atoms with Gasteiger partial charge in [0.2, 0.25) is 0 Å². The first-order chi connectivity index (χ1) is 16.0. The molecule has 0 spiro atoms. The molecule has 0 amide bonds. The molecule has 2 aromatic carbocycles. The molecule has 0 unspecified atom stereocenters. The van der Waals surface area contributed by atoms with Gasteiger partial charge in [-0.05, 0) is 61.5 Å². The Hall–Kier alpha value is -3.60. The van der Waals surface area contributed by atoms with Crippen molar-refractivity contribution in [3.63, 3.8) is 0 Å². The molecule has 0 aliphatic carbocycles. The van der Waals surface area contributed by atoms with Crippen molar-refractivity contribution < 1.29 is 7.16 Å². The van der Waals surface area contributed by atoms with Gasteiger partial charge in [0.1, 0.15) is 22.8 Å². The first-order valence-electron chi connectivity index (χ1n) is 11.7. The maximum atomic E-state index is 8.66. The molecule has 0 N–H and O–H groups in total. The van der Waals surface area contributed by atoms with Crippen LogP contribution in [0.2, 0.25) is 0 Å². The predicted molar refractivity (Wildman–Crippen MR) is 128 cm³/mol. The van der Waals surface area contributed by atoms with E-state index in [2.05, 4.69) is 19.9 Å². The zero-order chi connectivity index (χ0) is 24.3. The van der Waals surface area contributed by atoms with E-state index in [-0.39, 0.29) is 0 Å². The van der Waals surface area contributed by atoms with Crippen LogP contribution in [0.3, 0.4) is 0 Å². The van der Waals surface area contributed by atoms with Gasteiger partial charge in [-0.2, -0.15) is 0 Å². The molecule has 0 aliphatic heterocycles. The van der Waals surface area contributed by atoms with Crippen LogP contribution in [0, 0.1) is 19.3 Å². The molecule has 32 heavy (non-hydrogen) atoms. The SMILES string of the molecule is [2H]C([2H])(c1ccnc(-c2cccc3c2oc2cc(-c4nc(C)nc(C)n4)ccc23)c1)C(C)(C)C. The summed E-state index contributed by atoms with van der Waals surface area (Å²) in [5, 5.41) is 1.97. The highest BCUT2D eigenvalue weighted by atomic mass is 16.3. The number of furan rings is 1. The Labute approximate surface area is 190 Å². The van der Waals surface area contributed by atoms with E-state index in [1.54, 1.807) is 12.3 Å². The second-order valence-corrected chi connectivity index (χ2v) is 9.05. The number of hydrogen-bond donors (Lipinski definition) is 0. The number of aryl methyl sites for hydroxylation is 2. The van der Waals surface area contributed by atoms with Gasteiger partial charge in [0, 0.05) is 30.8 Å². The summed E-state index contributed by atoms with van der Waals surface area (Å²) in [5.41, 5.74) is 3.86. The molecule has 0 saturated carbocycles. The molecule has 0 fully saturated rings. The highest BCUT2D eigenvalue weighted by Crippen LogP contribution is 2.37. The van der Waals surface area contributed by atoms with Gasteiger partial charge >= 0.3 is 0 Å². The fraction of sp³-hybridized carbons (Fsp3) is 0.259. The zero-order valence-electron chi connectivity index (χ0n) is 20.9. The molecule has 0 bridgehead atoms. The van der Waals surface area contributed by atoms with Crippen LogP contribution in [0.1, 0.15) is 40.7 Å². The van der Waals surface area contributed by atoms with Crippen molar-refractivity contribution in [3.8, 4) is 22.6 Å². The molecule has 5 heteroatoms. The number of rotatable bonds is 3. The van der Waals surface area contributed by atoms with Gasteiger partial charge in [-0.25, -0.2) is 15.0 Å². The molecule has 3 aromatic heterocycles. The van der Waals surface area contributed by atoms with E-state index in [0.717, 1.165) is 33.1 Å². The van der Waals surface area contributed by atoms with Gasteiger partial charge in [-0.3, -0.25) is 4.98 Å². The van der Waals surface area contributed by atoms with Crippen LogP contribution >= 0.6 is 0 Å². The van der Waals surface area contributed by atoms with E-state index < -0.39 is 11.8 Å². The third-order valence-corrected chi connectivity index (χ3v) is 5.17. The van der Waals surface area contributed by atoms with Crippen LogP contribution in [-0.4, -0.2) is 19.9 Å². The van der Waals surface area contributed by atoms with E-state index >= 15 is 0 Å². The second-order valence-electron chi connectivity index (χ2n) is 9.05. The van der Waals surface area contributed by atoms with Crippen LogP contribution < -0.4 is 0 Å². The van der Waals surface area contributed by atoms with Crippen molar-refractivity contribution in [2.24, 2.45) is 5.41 Å². The summed E-state index contributed by atoms with van der Waals surface area (Å²) >= 11 is 0. The van der Waals surface area contributed by atoms with Gasteiger partial charge in [0.05, 0.1) is 5.69 Å². The van der Waals surface area contributed by atoms with Gasteiger partial charge < -0.3 is 4.42 Å². The smallest absolute Gasteiger partial charge is 0.163 e. The molecule has 0 radical (unpaired) electrons. The van der Waals surface area contributed by atoms with E-state index in [0.29, 0.717) is 28.7 Å². The number of nitrogens with zero attached hydrogens (tertiary/aromatic N) is 4. The van der Waals surface area contributed by atoms with Gasteiger partial charge in [0.25, 0.3) is 0 Å². The first kappa shape index (κ1) is 18.0. The lowest BCUT2D eigenvalue weighted by Gasteiger charge is -2.18. The van der Waals surface area contributed by atoms with Crippen LogP contribution in [-0.2, 0) is 6.37 Å². The lowest BCUT2D eigenvalue weighted by atomic mass is 9.88.